The van der Waals surface area contributed by atoms with Gasteiger partial charge in [-0.25, -0.2) is 0 Å². The highest BCUT2D eigenvalue weighted by atomic mass is 15.2. The highest BCUT2D eigenvalue weighted by molar-refractivity contribution is 6.06. The minimum atomic E-state index is 0.926. The van der Waals surface area contributed by atoms with Gasteiger partial charge in [-0.15, -0.1) is 0 Å². The molecule has 2 aliphatic rings. The van der Waals surface area contributed by atoms with Crippen LogP contribution in [0.15, 0.2) is 71.4 Å². The van der Waals surface area contributed by atoms with Crippen LogP contribution in [0.25, 0.3) is 12.2 Å². The zero-order chi connectivity index (χ0) is 14.8. The van der Waals surface area contributed by atoms with Crippen LogP contribution in [0.4, 0.5) is 0 Å². The quantitative estimate of drug-likeness (QED) is 0.807. The van der Waals surface area contributed by atoms with Crippen LogP contribution in [0, 0.1) is 0 Å². The molecule has 0 unspecified atom stereocenters. The number of rotatable bonds is 2. The number of hydrogen-bond acceptors (Lipinski definition) is 2. The molecule has 2 nitrogen and oxygen atoms in total. The zero-order valence-electron chi connectivity index (χ0n) is 12.4. The molecule has 0 aromatic heterocycles. The van der Waals surface area contributed by atoms with Crippen molar-refractivity contribution < 1.29 is 0 Å². The number of nitrogens with zero attached hydrogens (tertiary/aromatic N) is 2. The number of fused-ring (bicyclic) bond motifs is 3. The first-order valence-electron chi connectivity index (χ1n) is 7.78. The van der Waals surface area contributed by atoms with Crippen molar-refractivity contribution in [3.63, 3.8) is 0 Å². The predicted octanol–water partition coefficient (Wildman–Crippen LogP) is 4.21. The maximum Gasteiger partial charge on any atom is 0.136 e. The lowest BCUT2D eigenvalue weighted by atomic mass is 9.98. The highest BCUT2D eigenvalue weighted by Crippen LogP contribution is 2.28. The molecule has 0 amide bonds. The van der Waals surface area contributed by atoms with Gasteiger partial charge in [-0.3, -0.25) is 4.99 Å². The summed E-state index contributed by atoms with van der Waals surface area (Å²) in [5.41, 5.74) is 4.95. The molecule has 0 N–H and O–H groups in total. The van der Waals surface area contributed by atoms with Crippen molar-refractivity contribution in [2.75, 3.05) is 13.1 Å². The van der Waals surface area contributed by atoms with Gasteiger partial charge in [0.05, 0.1) is 0 Å². The molecule has 2 aliphatic heterocycles. The first-order valence-corrected chi connectivity index (χ1v) is 7.78. The van der Waals surface area contributed by atoms with Crippen LogP contribution in [-0.4, -0.2) is 23.8 Å². The van der Waals surface area contributed by atoms with Crippen LogP contribution in [-0.2, 0) is 0 Å². The monoisotopic (exact) mass is 286 g/mol. The van der Waals surface area contributed by atoms with E-state index in [1.807, 2.05) is 6.07 Å². The highest BCUT2D eigenvalue weighted by Gasteiger charge is 2.24. The molecule has 0 fully saturated rings. The Kier molecular flexibility index (Phi) is 3.36. The van der Waals surface area contributed by atoms with Gasteiger partial charge in [0.2, 0.25) is 0 Å². The molecule has 108 valence electrons. The summed E-state index contributed by atoms with van der Waals surface area (Å²) in [4.78, 5) is 7.10. The maximum atomic E-state index is 4.77. The van der Waals surface area contributed by atoms with Gasteiger partial charge in [-0.2, -0.15) is 0 Å². The van der Waals surface area contributed by atoms with Gasteiger partial charge in [-0.1, -0.05) is 60.7 Å². The standard InChI is InChI=1S/C20H18N2/c1-2-7-16(8-3-1)11-12-18-15-17-9-4-5-10-19(17)20-21-13-6-14-22(18)20/h1-5,7-12,15H,6,13-14H2/b12-11+. The van der Waals surface area contributed by atoms with Crippen LogP contribution in [0.2, 0.25) is 0 Å². The molecule has 2 aromatic carbocycles. The van der Waals surface area contributed by atoms with Crippen molar-refractivity contribution >= 4 is 18.0 Å². The predicted molar refractivity (Wildman–Crippen MR) is 92.6 cm³/mol. The zero-order valence-corrected chi connectivity index (χ0v) is 12.4. The Morgan fingerprint density at radius 1 is 0.909 bits per heavy atom. The summed E-state index contributed by atoms with van der Waals surface area (Å²) in [6.45, 7) is 1.97. The fourth-order valence-corrected chi connectivity index (χ4v) is 3.03. The van der Waals surface area contributed by atoms with Crippen molar-refractivity contribution in [1.82, 2.24) is 4.90 Å². The van der Waals surface area contributed by atoms with Crippen molar-refractivity contribution in [3.05, 3.63) is 83.1 Å². The fourth-order valence-electron chi connectivity index (χ4n) is 3.03. The first kappa shape index (κ1) is 13.1. The third-order valence-electron chi connectivity index (χ3n) is 4.12. The number of benzene rings is 2. The molecule has 2 heteroatoms. The van der Waals surface area contributed by atoms with E-state index in [9.17, 15) is 0 Å². The van der Waals surface area contributed by atoms with Gasteiger partial charge in [0.25, 0.3) is 0 Å². The topological polar surface area (TPSA) is 15.6 Å². The summed E-state index contributed by atoms with van der Waals surface area (Å²) in [5.74, 6) is 1.12. The molecule has 0 atom stereocenters. The number of amidine groups is 1. The Labute approximate surface area is 131 Å². The van der Waals surface area contributed by atoms with Crippen LogP contribution in [0.1, 0.15) is 23.1 Å². The second-order valence-electron chi connectivity index (χ2n) is 5.61. The van der Waals surface area contributed by atoms with Crippen molar-refractivity contribution in [1.29, 1.82) is 0 Å². The second-order valence-corrected chi connectivity index (χ2v) is 5.61. The average molecular weight is 286 g/mol. The second kappa shape index (κ2) is 5.64. The Hall–Kier alpha value is -2.61. The number of hydrogen-bond donors (Lipinski definition) is 0. The lowest BCUT2D eigenvalue weighted by Crippen LogP contribution is -2.37. The van der Waals surface area contributed by atoms with Crippen molar-refractivity contribution in [2.24, 2.45) is 4.99 Å². The Balaban J connectivity index is 1.75. The molecular formula is C20H18N2. The Morgan fingerprint density at radius 3 is 2.64 bits per heavy atom. The normalized spacial score (nSPS) is 16.8. The lowest BCUT2D eigenvalue weighted by molar-refractivity contribution is 0.487. The number of aliphatic imine (C=N–C) groups is 1. The van der Waals surface area contributed by atoms with Crippen LogP contribution in [0.5, 0.6) is 0 Å². The first-order chi connectivity index (χ1) is 10.9. The SMILES string of the molecule is C1=C(/C=C/c2ccccc2)N2CCCN=C2c2ccccc21. The van der Waals surface area contributed by atoms with Gasteiger partial charge in [-0.05, 0) is 29.7 Å². The van der Waals surface area contributed by atoms with Crippen molar-refractivity contribution in [3.8, 4) is 0 Å². The minimum absolute atomic E-state index is 0.926. The molecule has 2 aromatic rings. The van der Waals surface area contributed by atoms with Gasteiger partial charge >= 0.3 is 0 Å². The Bertz CT molecular complexity index is 769. The molecule has 0 aliphatic carbocycles. The molecule has 0 radical (unpaired) electrons. The van der Waals surface area contributed by atoms with Gasteiger partial charge in [0.1, 0.15) is 5.84 Å². The van der Waals surface area contributed by atoms with E-state index in [0.717, 1.165) is 25.3 Å². The van der Waals surface area contributed by atoms with E-state index < -0.39 is 0 Å². The smallest absolute Gasteiger partial charge is 0.136 e. The summed E-state index contributed by atoms with van der Waals surface area (Å²) >= 11 is 0. The van der Waals surface area contributed by atoms with Crippen molar-refractivity contribution in [2.45, 2.75) is 6.42 Å². The fraction of sp³-hybridized carbons (Fsp3) is 0.150. The van der Waals surface area contributed by atoms with Crippen LogP contribution >= 0.6 is 0 Å². The molecule has 0 saturated heterocycles. The van der Waals surface area contributed by atoms with Gasteiger partial charge in [0.15, 0.2) is 0 Å². The van der Waals surface area contributed by atoms with Gasteiger partial charge in [0, 0.05) is 24.4 Å². The summed E-state index contributed by atoms with van der Waals surface area (Å²) in [6, 6.07) is 18.9. The molecule has 0 saturated carbocycles. The van der Waals surface area contributed by atoms with E-state index in [2.05, 4.69) is 71.7 Å². The summed E-state index contributed by atoms with van der Waals surface area (Å²) in [7, 11) is 0. The molecule has 22 heavy (non-hydrogen) atoms. The summed E-state index contributed by atoms with van der Waals surface area (Å²) in [5, 5.41) is 0. The molecule has 0 bridgehead atoms. The molecular weight excluding hydrogens is 268 g/mol. The van der Waals surface area contributed by atoms with E-state index in [1.54, 1.807) is 0 Å². The van der Waals surface area contributed by atoms with Gasteiger partial charge < -0.3 is 4.90 Å². The van der Waals surface area contributed by atoms with E-state index in [0.29, 0.717) is 0 Å². The third-order valence-corrected chi connectivity index (χ3v) is 4.12. The number of allylic oxidation sites excluding steroid dienone is 1. The maximum absolute atomic E-state index is 4.77. The largest absolute Gasteiger partial charge is 0.326 e. The van der Waals surface area contributed by atoms with E-state index in [1.165, 1.54) is 22.4 Å². The van der Waals surface area contributed by atoms with E-state index in [4.69, 9.17) is 4.99 Å². The molecule has 2 heterocycles. The summed E-state index contributed by atoms with van der Waals surface area (Å²) < 4.78 is 0. The third kappa shape index (κ3) is 2.37. The van der Waals surface area contributed by atoms with Crippen LogP contribution in [0.3, 0.4) is 0 Å². The van der Waals surface area contributed by atoms with E-state index >= 15 is 0 Å². The Morgan fingerprint density at radius 2 is 1.73 bits per heavy atom. The molecule has 0 spiro atoms. The minimum Gasteiger partial charge on any atom is -0.326 e. The lowest BCUT2D eigenvalue weighted by Gasteiger charge is -2.34. The van der Waals surface area contributed by atoms with Crippen LogP contribution < -0.4 is 0 Å². The molecule has 4 rings (SSSR count). The average Bonchev–Trinajstić information content (AvgIpc) is 2.60. The summed E-state index contributed by atoms with van der Waals surface area (Å²) in [6.07, 6.45) is 7.75. The van der Waals surface area contributed by atoms with E-state index in [-0.39, 0.29) is 0 Å².